The Kier molecular flexibility index (Phi) is 4.29. The second-order valence-electron chi connectivity index (χ2n) is 6.68. The topological polar surface area (TPSA) is 35.6 Å². The zero-order valence-corrected chi connectivity index (χ0v) is 14.8. The number of para-hydroxylation sites is 1. The van der Waals surface area contributed by atoms with E-state index in [1.807, 2.05) is 34.4 Å². The number of carbonyl (C=O) groups excluding carboxylic acids is 1. The van der Waals surface area contributed by atoms with Gasteiger partial charge < -0.3 is 5.32 Å². The van der Waals surface area contributed by atoms with Gasteiger partial charge in [-0.3, -0.25) is 9.80 Å². The summed E-state index contributed by atoms with van der Waals surface area (Å²) >= 11 is 1.86. The highest BCUT2D eigenvalue weighted by Gasteiger charge is 2.30. The smallest absolute Gasteiger partial charge is 0.322 e. The number of carbonyl (C=O) groups is 1. The number of nitrogens with zero attached hydrogens (tertiary/aromatic N) is 2. The number of nitrogens with one attached hydrogen (secondary N) is 1. The van der Waals surface area contributed by atoms with Crippen molar-refractivity contribution < 1.29 is 4.79 Å². The van der Waals surface area contributed by atoms with Crippen molar-refractivity contribution in [1.82, 2.24) is 10.2 Å². The molecule has 4 rings (SSSR count). The Morgan fingerprint density at radius 2 is 2.17 bits per heavy atom. The first-order valence-electron chi connectivity index (χ1n) is 8.65. The van der Waals surface area contributed by atoms with E-state index in [2.05, 4.69) is 34.7 Å². The van der Waals surface area contributed by atoms with Crippen molar-refractivity contribution in [2.45, 2.75) is 32.4 Å². The molecule has 4 nitrogen and oxygen atoms in total. The maximum atomic E-state index is 12.6. The molecule has 2 amide bonds. The van der Waals surface area contributed by atoms with E-state index in [1.54, 1.807) is 0 Å². The van der Waals surface area contributed by atoms with E-state index in [0.717, 1.165) is 38.2 Å². The van der Waals surface area contributed by atoms with E-state index in [0.29, 0.717) is 6.54 Å². The normalized spacial score (nSPS) is 19.9. The van der Waals surface area contributed by atoms with Crippen LogP contribution in [0.4, 0.5) is 10.5 Å². The van der Waals surface area contributed by atoms with Gasteiger partial charge in [-0.05, 0) is 48.4 Å². The molecule has 1 N–H and O–H groups in total. The zero-order chi connectivity index (χ0) is 16.5. The SMILES string of the molecule is CC1Cc2ccccc2N1C(=O)NCCN1CCc2sccc2C1. The predicted molar refractivity (Wildman–Crippen MR) is 98.8 cm³/mol. The van der Waals surface area contributed by atoms with Crippen LogP contribution in [0, 0.1) is 0 Å². The van der Waals surface area contributed by atoms with Gasteiger partial charge in [0.1, 0.15) is 0 Å². The van der Waals surface area contributed by atoms with Crippen LogP contribution in [0.15, 0.2) is 35.7 Å². The van der Waals surface area contributed by atoms with Crippen molar-refractivity contribution in [3.05, 3.63) is 51.7 Å². The lowest BCUT2D eigenvalue weighted by molar-refractivity contribution is 0.234. The number of thiophene rings is 1. The van der Waals surface area contributed by atoms with Gasteiger partial charge in [-0.2, -0.15) is 0 Å². The van der Waals surface area contributed by atoms with Gasteiger partial charge in [0, 0.05) is 42.8 Å². The van der Waals surface area contributed by atoms with Gasteiger partial charge in [0.25, 0.3) is 0 Å². The summed E-state index contributed by atoms with van der Waals surface area (Å²) in [6.45, 7) is 5.82. The quantitative estimate of drug-likeness (QED) is 0.930. The van der Waals surface area contributed by atoms with Crippen molar-refractivity contribution in [1.29, 1.82) is 0 Å². The summed E-state index contributed by atoms with van der Waals surface area (Å²) in [7, 11) is 0. The molecule has 5 heteroatoms. The zero-order valence-electron chi connectivity index (χ0n) is 14.0. The molecule has 0 fully saturated rings. The highest BCUT2D eigenvalue weighted by atomic mass is 32.1. The van der Waals surface area contributed by atoms with Crippen LogP contribution in [0.25, 0.3) is 0 Å². The average molecular weight is 341 g/mol. The standard InChI is InChI=1S/C19H23N3OS/c1-14-12-15-4-2-3-5-17(15)22(14)19(23)20-8-10-21-9-6-18-16(13-21)7-11-24-18/h2-5,7,11,14H,6,8-10,12-13H2,1H3,(H,20,23). The van der Waals surface area contributed by atoms with Crippen molar-refractivity contribution in [2.24, 2.45) is 0 Å². The van der Waals surface area contributed by atoms with Gasteiger partial charge in [0.05, 0.1) is 0 Å². The first kappa shape index (κ1) is 15.7. The minimum Gasteiger partial charge on any atom is -0.336 e. The minimum atomic E-state index is 0.0284. The Hall–Kier alpha value is -1.85. The fourth-order valence-electron chi connectivity index (χ4n) is 3.78. The van der Waals surface area contributed by atoms with Gasteiger partial charge in [-0.25, -0.2) is 4.79 Å². The lowest BCUT2D eigenvalue weighted by Crippen LogP contribution is -2.46. The van der Waals surface area contributed by atoms with Gasteiger partial charge in [-0.15, -0.1) is 11.3 Å². The van der Waals surface area contributed by atoms with Crippen LogP contribution in [0.2, 0.25) is 0 Å². The number of rotatable bonds is 3. The van der Waals surface area contributed by atoms with Crippen molar-refractivity contribution >= 4 is 23.1 Å². The number of anilines is 1. The summed E-state index contributed by atoms with van der Waals surface area (Å²) in [6.07, 6.45) is 2.08. The van der Waals surface area contributed by atoms with E-state index < -0.39 is 0 Å². The van der Waals surface area contributed by atoms with Crippen LogP contribution in [0.5, 0.6) is 0 Å². The number of amides is 2. The van der Waals surface area contributed by atoms with Crippen molar-refractivity contribution in [3.63, 3.8) is 0 Å². The summed E-state index contributed by atoms with van der Waals surface area (Å²) in [4.78, 5) is 18.5. The molecule has 2 aliphatic heterocycles. The molecule has 3 heterocycles. The molecule has 0 bridgehead atoms. The summed E-state index contributed by atoms with van der Waals surface area (Å²) < 4.78 is 0. The number of benzene rings is 1. The highest BCUT2D eigenvalue weighted by molar-refractivity contribution is 7.10. The summed E-state index contributed by atoms with van der Waals surface area (Å²) in [5.74, 6) is 0. The lowest BCUT2D eigenvalue weighted by atomic mass is 10.1. The van der Waals surface area contributed by atoms with Crippen LogP contribution >= 0.6 is 11.3 Å². The fraction of sp³-hybridized carbons (Fsp3) is 0.421. The summed E-state index contributed by atoms with van der Waals surface area (Å²) in [5, 5.41) is 5.29. The van der Waals surface area contributed by atoms with E-state index in [4.69, 9.17) is 0 Å². The second kappa shape index (κ2) is 6.57. The third-order valence-electron chi connectivity index (χ3n) is 5.02. The number of hydrogen-bond donors (Lipinski definition) is 1. The number of hydrogen-bond acceptors (Lipinski definition) is 3. The van der Waals surface area contributed by atoms with E-state index in [-0.39, 0.29) is 12.1 Å². The third-order valence-corrected chi connectivity index (χ3v) is 6.04. The second-order valence-corrected chi connectivity index (χ2v) is 7.68. The fourth-order valence-corrected chi connectivity index (χ4v) is 4.67. The maximum Gasteiger partial charge on any atom is 0.322 e. The van der Waals surface area contributed by atoms with Gasteiger partial charge in [0.15, 0.2) is 0 Å². The molecule has 24 heavy (non-hydrogen) atoms. The van der Waals surface area contributed by atoms with Crippen molar-refractivity contribution in [2.75, 3.05) is 24.5 Å². The lowest BCUT2D eigenvalue weighted by Gasteiger charge is -2.28. The molecule has 0 spiro atoms. The average Bonchev–Trinajstić information content (AvgIpc) is 3.17. The first-order chi connectivity index (χ1) is 11.7. The highest BCUT2D eigenvalue weighted by Crippen LogP contribution is 2.31. The first-order valence-corrected chi connectivity index (χ1v) is 9.53. The molecular formula is C19H23N3OS. The van der Waals surface area contributed by atoms with Gasteiger partial charge in [0.2, 0.25) is 0 Å². The number of fused-ring (bicyclic) bond motifs is 2. The molecule has 1 atom stereocenters. The van der Waals surface area contributed by atoms with Crippen LogP contribution in [0.3, 0.4) is 0 Å². The Labute approximate surface area is 147 Å². The largest absolute Gasteiger partial charge is 0.336 e. The molecule has 126 valence electrons. The molecule has 0 saturated carbocycles. The molecule has 0 aliphatic carbocycles. The van der Waals surface area contributed by atoms with E-state index in [1.165, 1.54) is 16.0 Å². The molecule has 0 saturated heterocycles. The monoisotopic (exact) mass is 341 g/mol. The van der Waals surface area contributed by atoms with Crippen molar-refractivity contribution in [3.8, 4) is 0 Å². The van der Waals surface area contributed by atoms with Gasteiger partial charge in [-0.1, -0.05) is 18.2 Å². The van der Waals surface area contributed by atoms with Gasteiger partial charge >= 0.3 is 6.03 Å². The summed E-state index contributed by atoms with van der Waals surface area (Å²) in [6, 6.07) is 10.7. The molecule has 1 aromatic carbocycles. The summed E-state index contributed by atoms with van der Waals surface area (Å²) in [5.41, 5.74) is 3.78. The van der Waals surface area contributed by atoms with E-state index >= 15 is 0 Å². The Bertz CT molecular complexity index is 742. The minimum absolute atomic E-state index is 0.0284. The Morgan fingerprint density at radius 3 is 3.08 bits per heavy atom. The molecule has 1 unspecified atom stereocenters. The molecular weight excluding hydrogens is 318 g/mol. The molecule has 2 aliphatic rings. The molecule has 2 aromatic rings. The molecule has 0 radical (unpaired) electrons. The van der Waals surface area contributed by atoms with E-state index in [9.17, 15) is 4.79 Å². The van der Waals surface area contributed by atoms with Crippen LogP contribution in [0.1, 0.15) is 22.9 Å². The predicted octanol–water partition coefficient (Wildman–Crippen LogP) is 3.27. The van der Waals surface area contributed by atoms with Crippen LogP contribution in [-0.4, -0.2) is 36.6 Å². The maximum absolute atomic E-state index is 12.6. The van der Waals surface area contributed by atoms with Crippen LogP contribution in [-0.2, 0) is 19.4 Å². The molecule has 1 aromatic heterocycles. The Morgan fingerprint density at radius 1 is 1.29 bits per heavy atom. The third kappa shape index (κ3) is 2.94. The number of urea groups is 1. The Balaban J connectivity index is 1.31. The van der Waals surface area contributed by atoms with Crippen LogP contribution < -0.4 is 10.2 Å².